The number of hydrogen-bond donors (Lipinski definition) is 4. The van der Waals surface area contributed by atoms with Crippen LogP contribution in [0, 0.1) is 22.7 Å². The Morgan fingerprint density at radius 2 is 1.22 bits per heavy atom. The van der Waals surface area contributed by atoms with Crippen LogP contribution < -0.4 is 30.3 Å². The smallest absolute Gasteiger partial charge is 0.212 e. The molecule has 0 radical (unpaired) electrons. The van der Waals surface area contributed by atoms with E-state index in [1.54, 1.807) is 69.1 Å². The molecule has 2 aliphatic rings. The number of fused-ring (bicyclic) bond motifs is 2. The molecule has 0 unspecified atom stereocenters. The zero-order valence-electron chi connectivity index (χ0n) is 34.3. The van der Waals surface area contributed by atoms with Crippen molar-refractivity contribution in [1.82, 2.24) is 29.9 Å². The average molecular weight is 910 g/mol. The van der Waals surface area contributed by atoms with Crippen molar-refractivity contribution >= 4 is 52.0 Å². The van der Waals surface area contributed by atoms with E-state index in [0.29, 0.717) is 63.4 Å². The maximum Gasteiger partial charge on any atom is 0.212 e. The van der Waals surface area contributed by atoms with Gasteiger partial charge < -0.3 is 40.5 Å². The molecule has 324 valence electrons. The molecule has 0 amide bonds. The van der Waals surface area contributed by atoms with Gasteiger partial charge in [0.1, 0.15) is 35.8 Å². The molecule has 2 aromatic carbocycles. The van der Waals surface area contributed by atoms with Crippen LogP contribution in [0.1, 0.15) is 56.9 Å². The van der Waals surface area contributed by atoms with Crippen LogP contribution in [0.4, 0.5) is 17.2 Å². The SMILES string of the molecule is COc1ccc([C@@H](CO)Nc2ncnc3c2CN(c2ccc(Cl)cc2C#N)CC3)cn1.COc1ccc([C@H](N)CO)cn1.N#Cc1cc(Cl)ccc1N1CCc2ncnc(Cl)c2C1. The zero-order chi connectivity index (χ0) is 44.9. The van der Waals surface area contributed by atoms with Gasteiger partial charge in [0.15, 0.2) is 0 Å². The van der Waals surface area contributed by atoms with Gasteiger partial charge in [-0.2, -0.15) is 10.5 Å². The summed E-state index contributed by atoms with van der Waals surface area (Å²) in [6.45, 7) is 2.45. The largest absolute Gasteiger partial charge is 0.481 e. The molecule has 2 aliphatic heterocycles. The van der Waals surface area contributed by atoms with Crippen LogP contribution in [-0.4, -0.2) is 80.6 Å². The summed E-state index contributed by atoms with van der Waals surface area (Å²) < 4.78 is 9.97. The maximum atomic E-state index is 9.97. The molecule has 8 rings (SSSR count). The predicted molar refractivity (Wildman–Crippen MR) is 240 cm³/mol. The van der Waals surface area contributed by atoms with Gasteiger partial charge in [0, 0.05) is 84.7 Å². The van der Waals surface area contributed by atoms with Crippen LogP contribution in [0.15, 0.2) is 85.7 Å². The lowest BCUT2D eigenvalue weighted by Gasteiger charge is -2.32. The Morgan fingerprint density at radius 3 is 1.71 bits per heavy atom. The van der Waals surface area contributed by atoms with E-state index < -0.39 is 6.04 Å². The van der Waals surface area contributed by atoms with Gasteiger partial charge in [0.25, 0.3) is 0 Å². The first-order valence-corrected chi connectivity index (χ1v) is 20.7. The Morgan fingerprint density at radius 1 is 0.698 bits per heavy atom. The minimum Gasteiger partial charge on any atom is -0.481 e. The summed E-state index contributed by atoms with van der Waals surface area (Å²) in [6.07, 6.45) is 7.78. The topological polar surface area (TPSA) is 228 Å². The lowest BCUT2D eigenvalue weighted by atomic mass is 10.0. The third-order valence-electron chi connectivity index (χ3n) is 10.2. The molecule has 5 N–H and O–H groups in total. The van der Waals surface area contributed by atoms with Crippen LogP contribution in [0.25, 0.3) is 0 Å². The van der Waals surface area contributed by atoms with E-state index in [4.69, 9.17) is 55.1 Å². The summed E-state index contributed by atoms with van der Waals surface area (Å²) in [4.78, 5) is 29.5. The fourth-order valence-electron chi connectivity index (χ4n) is 6.89. The van der Waals surface area contributed by atoms with E-state index in [0.717, 1.165) is 64.5 Å². The molecule has 16 nitrogen and oxygen atoms in total. The van der Waals surface area contributed by atoms with E-state index >= 15 is 0 Å². The Labute approximate surface area is 379 Å². The summed E-state index contributed by atoms with van der Waals surface area (Å²) in [6, 6.07) is 21.4. The van der Waals surface area contributed by atoms with Crippen molar-refractivity contribution < 1.29 is 19.7 Å². The second-order valence-electron chi connectivity index (χ2n) is 14.1. The van der Waals surface area contributed by atoms with Gasteiger partial charge >= 0.3 is 0 Å². The van der Waals surface area contributed by atoms with Gasteiger partial charge in [0.05, 0.1) is 73.4 Å². The van der Waals surface area contributed by atoms with Crippen molar-refractivity contribution in [2.45, 2.75) is 38.0 Å². The highest BCUT2D eigenvalue weighted by molar-refractivity contribution is 6.31. The molecule has 6 heterocycles. The number of nitrogens with zero attached hydrogens (tertiary/aromatic N) is 10. The number of hydrogen-bond acceptors (Lipinski definition) is 16. The first-order valence-electron chi connectivity index (χ1n) is 19.5. The minimum absolute atomic E-state index is 0.0754. The highest BCUT2D eigenvalue weighted by Gasteiger charge is 2.25. The van der Waals surface area contributed by atoms with Crippen molar-refractivity contribution in [1.29, 1.82) is 10.5 Å². The molecule has 0 saturated heterocycles. The molecular formula is C44H43Cl3N12O4. The number of rotatable bonds is 10. The quantitative estimate of drug-likeness (QED) is 0.109. The van der Waals surface area contributed by atoms with Gasteiger partial charge in [-0.15, -0.1) is 0 Å². The highest BCUT2D eigenvalue weighted by Crippen LogP contribution is 2.33. The normalized spacial score (nSPS) is 13.6. The maximum absolute atomic E-state index is 9.97. The molecule has 2 atom stereocenters. The van der Waals surface area contributed by atoms with Gasteiger partial charge in [-0.3, -0.25) is 0 Å². The number of aliphatic hydroxyl groups excluding tert-OH is 2. The van der Waals surface area contributed by atoms with Gasteiger partial charge in [-0.1, -0.05) is 40.9 Å². The number of nitrogens with one attached hydrogen (secondary N) is 1. The van der Waals surface area contributed by atoms with E-state index in [2.05, 4.69) is 57.2 Å². The Kier molecular flexibility index (Phi) is 16.2. The van der Waals surface area contributed by atoms with Crippen molar-refractivity contribution in [3.05, 3.63) is 146 Å². The van der Waals surface area contributed by atoms with Crippen LogP contribution in [0.2, 0.25) is 15.2 Å². The van der Waals surface area contributed by atoms with Crippen LogP contribution >= 0.6 is 34.8 Å². The summed E-state index contributed by atoms with van der Waals surface area (Å²) in [5.74, 6) is 1.70. The van der Waals surface area contributed by atoms with Crippen molar-refractivity contribution in [3.63, 3.8) is 0 Å². The molecule has 0 spiro atoms. The van der Waals surface area contributed by atoms with Crippen molar-refractivity contribution in [3.8, 4) is 23.9 Å². The molecule has 0 fully saturated rings. The van der Waals surface area contributed by atoms with E-state index in [1.807, 2.05) is 18.2 Å². The monoisotopic (exact) mass is 908 g/mol. The van der Waals surface area contributed by atoms with E-state index in [9.17, 15) is 15.6 Å². The first-order chi connectivity index (χ1) is 30.6. The number of nitriles is 2. The summed E-state index contributed by atoms with van der Waals surface area (Å²) in [5, 5.41) is 42.4. The second-order valence-corrected chi connectivity index (χ2v) is 15.3. The summed E-state index contributed by atoms with van der Waals surface area (Å²) >= 11 is 18.1. The van der Waals surface area contributed by atoms with Gasteiger partial charge in [-0.05, 0) is 53.6 Å². The molecular weight excluding hydrogens is 867 g/mol. The number of halogens is 3. The Hall–Kier alpha value is -6.37. The number of aliphatic hydroxyl groups is 2. The fourth-order valence-corrected chi connectivity index (χ4v) is 7.44. The number of pyridine rings is 2. The fraction of sp³-hybridized carbons (Fsp3) is 0.273. The number of anilines is 3. The molecule has 0 bridgehead atoms. The Bertz CT molecular complexity index is 2580. The number of aromatic nitrogens is 6. The van der Waals surface area contributed by atoms with Crippen molar-refractivity contribution in [2.24, 2.45) is 5.73 Å². The van der Waals surface area contributed by atoms with E-state index in [-0.39, 0.29) is 19.3 Å². The highest BCUT2D eigenvalue weighted by atomic mass is 35.5. The number of methoxy groups -OCH3 is 2. The third-order valence-corrected chi connectivity index (χ3v) is 11.0. The molecule has 19 heteroatoms. The molecule has 6 aromatic rings. The first kappa shape index (κ1) is 46.1. The minimum atomic E-state index is -0.391. The standard InChI is InChI=1S/C22H21ClN6O2.C14H10Cl2N4.C8H12N2O2/c1-31-21-5-2-14(10-25-21)19(12-30)28-22-17-11-29(7-6-18(17)26-13-27-22)20-4-3-16(23)8-15(20)9-24;15-10-1-2-13(9(5-10)6-17)20-4-3-12-11(7-20)14(16)19-8-18-12;1-12-8-3-2-6(4-10-8)7(9)5-11/h2-5,8,10,13,19,30H,6-7,11-12H2,1H3,(H,26,27,28);1-2,5,8H,3-4,7H2;2-4,7,11H,5,9H2,1H3/t19-;;7-/m1.1/s1. The van der Waals surface area contributed by atoms with Crippen LogP contribution in [0.5, 0.6) is 11.8 Å². The predicted octanol–water partition coefficient (Wildman–Crippen LogP) is 6.41. The summed E-state index contributed by atoms with van der Waals surface area (Å²) in [7, 11) is 3.11. The lowest BCUT2D eigenvalue weighted by Crippen LogP contribution is -2.33. The average Bonchev–Trinajstić information content (AvgIpc) is 3.33. The van der Waals surface area contributed by atoms with E-state index in [1.165, 1.54) is 12.7 Å². The lowest BCUT2D eigenvalue weighted by molar-refractivity contribution is 0.267. The third kappa shape index (κ3) is 11.6. The molecule has 63 heavy (non-hydrogen) atoms. The molecule has 0 saturated carbocycles. The van der Waals surface area contributed by atoms with Gasteiger partial charge in [-0.25, -0.2) is 29.9 Å². The molecule has 4 aromatic heterocycles. The van der Waals surface area contributed by atoms with Crippen molar-refractivity contribution in [2.75, 3.05) is 55.6 Å². The zero-order valence-corrected chi connectivity index (χ0v) is 36.6. The van der Waals surface area contributed by atoms with Gasteiger partial charge in [0.2, 0.25) is 11.8 Å². The number of benzene rings is 2. The van der Waals surface area contributed by atoms with Crippen LogP contribution in [0.3, 0.4) is 0 Å². The Balaban J connectivity index is 0.000000176. The van der Waals surface area contributed by atoms with Crippen LogP contribution in [-0.2, 0) is 25.9 Å². The molecule has 0 aliphatic carbocycles. The summed E-state index contributed by atoms with van der Waals surface area (Å²) in [5.41, 5.74) is 13.7. The number of ether oxygens (including phenoxy) is 2. The second kappa shape index (κ2) is 22.1. The number of nitrogens with two attached hydrogens (primary N) is 1.